The minimum Gasteiger partial charge on any atom is -0.497 e. The Kier molecular flexibility index (Phi) is 5.76. The number of halogens is 1. The molecule has 0 aliphatic heterocycles. The summed E-state index contributed by atoms with van der Waals surface area (Å²) in [4.78, 5) is 21.9. The van der Waals surface area contributed by atoms with E-state index in [4.69, 9.17) is 26.3 Å². The fourth-order valence-corrected chi connectivity index (χ4v) is 6.05. The van der Waals surface area contributed by atoms with Crippen molar-refractivity contribution in [3.05, 3.63) is 53.6 Å². The molecule has 7 rings (SSSR count). The minimum absolute atomic E-state index is 0.174. The highest BCUT2D eigenvalue weighted by Crippen LogP contribution is 2.46. The number of hydrogen-bond acceptors (Lipinski definition) is 6. The second kappa shape index (κ2) is 9.09. The molecular formula is C27H26ClN5O3. The number of fused-ring (bicyclic) bond motifs is 4. The smallest absolute Gasteiger partial charge is 0.308 e. The van der Waals surface area contributed by atoms with Gasteiger partial charge in [-0.1, -0.05) is 11.6 Å². The zero-order chi connectivity index (χ0) is 24.8. The minimum atomic E-state index is -0.737. The molecule has 36 heavy (non-hydrogen) atoms. The van der Waals surface area contributed by atoms with Gasteiger partial charge in [0.05, 0.1) is 24.2 Å². The van der Waals surface area contributed by atoms with E-state index in [-0.39, 0.29) is 12.0 Å². The van der Waals surface area contributed by atoms with Crippen LogP contribution >= 0.6 is 11.6 Å². The van der Waals surface area contributed by atoms with Crippen molar-refractivity contribution in [3.63, 3.8) is 0 Å². The van der Waals surface area contributed by atoms with Gasteiger partial charge >= 0.3 is 5.97 Å². The van der Waals surface area contributed by atoms with E-state index in [9.17, 15) is 9.90 Å². The number of benzene rings is 2. The van der Waals surface area contributed by atoms with Crippen LogP contribution in [-0.2, 0) is 4.79 Å². The third kappa shape index (κ3) is 4.05. The second-order valence-electron chi connectivity index (χ2n) is 9.66. The number of hydrogen-bond donors (Lipinski definition) is 3. The molecule has 0 radical (unpaired) electrons. The molecule has 3 N–H and O–H groups in total. The molecule has 8 nitrogen and oxygen atoms in total. The highest BCUT2D eigenvalue weighted by Gasteiger charge is 2.47. The number of nitrogens with one attached hydrogen (secondary N) is 2. The molecule has 9 heteroatoms. The highest BCUT2D eigenvalue weighted by atomic mass is 35.5. The standard InChI is InChI=1S/C27H26ClN5O3/c1-36-18-9-6-14(7-10-18)21-13-22(30-24-16-4-2-15(3-5-16)23(24)27(34)35)31-26(29-21)25-19-12-17(28)8-11-20(19)32-33-25/h6-13,15-16,23-24H,2-5H2,1H3,(H,32,33)(H,34,35)(H,29,30,31). The number of methoxy groups -OCH3 is 1. The molecule has 0 saturated heterocycles. The number of ether oxygens (including phenoxy) is 1. The van der Waals surface area contributed by atoms with Crippen LogP contribution in [0.15, 0.2) is 48.5 Å². The molecular weight excluding hydrogens is 478 g/mol. The maximum absolute atomic E-state index is 12.2. The van der Waals surface area contributed by atoms with Gasteiger partial charge in [-0.2, -0.15) is 5.10 Å². The van der Waals surface area contributed by atoms with Gasteiger partial charge in [-0.3, -0.25) is 9.89 Å². The number of H-pyrrole nitrogens is 1. The third-order valence-corrected chi connectivity index (χ3v) is 7.90. The van der Waals surface area contributed by atoms with E-state index in [1.54, 1.807) is 13.2 Å². The van der Waals surface area contributed by atoms with E-state index in [0.29, 0.717) is 34.0 Å². The zero-order valence-electron chi connectivity index (χ0n) is 19.7. The maximum Gasteiger partial charge on any atom is 0.308 e. The number of aromatic nitrogens is 4. The lowest BCUT2D eigenvalue weighted by molar-refractivity contribution is -0.148. The Balaban J connectivity index is 1.45. The van der Waals surface area contributed by atoms with Gasteiger partial charge in [0.25, 0.3) is 0 Å². The van der Waals surface area contributed by atoms with Crippen molar-refractivity contribution in [2.45, 2.75) is 31.7 Å². The summed E-state index contributed by atoms with van der Waals surface area (Å²) in [6, 6.07) is 14.9. The summed E-state index contributed by atoms with van der Waals surface area (Å²) in [5, 5.41) is 22.5. The van der Waals surface area contributed by atoms with Gasteiger partial charge in [0.15, 0.2) is 5.82 Å². The van der Waals surface area contributed by atoms with Crippen LogP contribution in [-0.4, -0.2) is 44.4 Å². The lowest BCUT2D eigenvalue weighted by atomic mass is 9.61. The summed E-state index contributed by atoms with van der Waals surface area (Å²) >= 11 is 6.27. The van der Waals surface area contributed by atoms with E-state index in [2.05, 4.69) is 15.5 Å². The summed E-state index contributed by atoms with van der Waals surface area (Å²) in [6.07, 6.45) is 4.04. The van der Waals surface area contributed by atoms with E-state index < -0.39 is 11.9 Å². The number of carboxylic acids is 1. The van der Waals surface area contributed by atoms with Crippen molar-refractivity contribution in [3.8, 4) is 28.5 Å². The molecule has 3 aliphatic carbocycles. The molecule has 184 valence electrons. The molecule has 3 fully saturated rings. The number of aliphatic carboxylic acids is 1. The molecule has 2 unspecified atom stereocenters. The number of rotatable bonds is 6. The van der Waals surface area contributed by atoms with Crippen molar-refractivity contribution >= 4 is 34.3 Å². The van der Waals surface area contributed by atoms with Crippen LogP contribution in [0.4, 0.5) is 5.82 Å². The maximum atomic E-state index is 12.2. The molecule has 4 aromatic rings. The third-order valence-electron chi connectivity index (χ3n) is 7.67. The summed E-state index contributed by atoms with van der Waals surface area (Å²) in [5.41, 5.74) is 3.01. The van der Waals surface area contributed by atoms with Crippen LogP contribution in [0, 0.1) is 17.8 Å². The molecule has 0 spiro atoms. The lowest BCUT2D eigenvalue weighted by Gasteiger charge is -2.47. The highest BCUT2D eigenvalue weighted by molar-refractivity contribution is 6.31. The van der Waals surface area contributed by atoms with E-state index >= 15 is 0 Å². The first-order valence-corrected chi connectivity index (χ1v) is 12.5. The van der Waals surface area contributed by atoms with Crippen LogP contribution in [0.25, 0.3) is 33.7 Å². The van der Waals surface area contributed by atoms with Crippen molar-refractivity contribution in [2.24, 2.45) is 17.8 Å². The summed E-state index contributed by atoms with van der Waals surface area (Å²) in [6.45, 7) is 0. The van der Waals surface area contributed by atoms with Gasteiger partial charge in [-0.05, 0) is 80.0 Å². The Labute approximate surface area is 213 Å². The predicted molar refractivity (Wildman–Crippen MR) is 138 cm³/mol. The van der Waals surface area contributed by atoms with Crippen LogP contribution in [0.2, 0.25) is 5.02 Å². The Bertz CT molecular complexity index is 1430. The fourth-order valence-electron chi connectivity index (χ4n) is 5.88. The number of carboxylic acid groups (broad SMARTS) is 1. The Morgan fingerprint density at radius 3 is 2.53 bits per heavy atom. The van der Waals surface area contributed by atoms with E-state index in [0.717, 1.165) is 47.9 Å². The quantitative estimate of drug-likeness (QED) is 0.311. The topological polar surface area (TPSA) is 113 Å². The van der Waals surface area contributed by atoms with Gasteiger partial charge in [0, 0.05) is 28.1 Å². The van der Waals surface area contributed by atoms with Gasteiger partial charge in [-0.25, -0.2) is 9.97 Å². The molecule has 2 bridgehead atoms. The summed E-state index contributed by atoms with van der Waals surface area (Å²) < 4.78 is 5.31. The Morgan fingerprint density at radius 1 is 1.06 bits per heavy atom. The SMILES string of the molecule is COc1ccc(-c2cc(NC3C4CCC(CC4)C3C(=O)O)nc(-c3n[nH]c4ccc(Cl)cc34)n2)cc1. The Hall–Kier alpha value is -3.65. The number of carbonyl (C=O) groups is 1. The zero-order valence-corrected chi connectivity index (χ0v) is 20.5. The fraction of sp³-hybridized carbons (Fsp3) is 0.333. The Morgan fingerprint density at radius 2 is 1.81 bits per heavy atom. The predicted octanol–water partition coefficient (Wildman–Crippen LogP) is 5.65. The first-order valence-electron chi connectivity index (χ1n) is 12.2. The normalized spacial score (nSPS) is 23.1. The number of aromatic amines is 1. The van der Waals surface area contributed by atoms with Gasteiger partial charge in [-0.15, -0.1) is 0 Å². The average molecular weight is 504 g/mol. The molecule has 2 aromatic carbocycles. The monoisotopic (exact) mass is 503 g/mol. The second-order valence-corrected chi connectivity index (χ2v) is 10.1. The van der Waals surface area contributed by atoms with Crippen LogP contribution < -0.4 is 10.1 Å². The van der Waals surface area contributed by atoms with Gasteiger partial charge < -0.3 is 15.2 Å². The van der Waals surface area contributed by atoms with Crippen LogP contribution in [0.1, 0.15) is 25.7 Å². The molecule has 2 atom stereocenters. The van der Waals surface area contributed by atoms with Crippen molar-refractivity contribution in [2.75, 3.05) is 12.4 Å². The number of anilines is 1. The first kappa shape index (κ1) is 22.8. The molecule has 2 heterocycles. The van der Waals surface area contributed by atoms with Gasteiger partial charge in [0.2, 0.25) is 0 Å². The molecule has 2 aromatic heterocycles. The lowest BCUT2D eigenvalue weighted by Crippen LogP contribution is -2.51. The molecule has 0 amide bonds. The van der Waals surface area contributed by atoms with Crippen molar-refractivity contribution < 1.29 is 14.6 Å². The van der Waals surface area contributed by atoms with Crippen LogP contribution in [0.5, 0.6) is 5.75 Å². The summed E-state index contributed by atoms with van der Waals surface area (Å²) in [7, 11) is 1.63. The summed E-state index contributed by atoms with van der Waals surface area (Å²) in [5.74, 6) is 1.13. The van der Waals surface area contributed by atoms with Crippen LogP contribution in [0.3, 0.4) is 0 Å². The largest absolute Gasteiger partial charge is 0.497 e. The number of nitrogens with zero attached hydrogens (tertiary/aromatic N) is 3. The van der Waals surface area contributed by atoms with Gasteiger partial charge in [0.1, 0.15) is 17.3 Å². The molecule has 3 aliphatic rings. The van der Waals surface area contributed by atoms with E-state index in [1.165, 1.54) is 0 Å². The van der Waals surface area contributed by atoms with Crippen molar-refractivity contribution in [1.82, 2.24) is 20.2 Å². The average Bonchev–Trinajstić information content (AvgIpc) is 3.32. The first-order chi connectivity index (χ1) is 17.5. The van der Waals surface area contributed by atoms with E-state index in [1.807, 2.05) is 42.5 Å². The molecule has 3 saturated carbocycles. The van der Waals surface area contributed by atoms with Crippen molar-refractivity contribution in [1.29, 1.82) is 0 Å².